The van der Waals surface area contributed by atoms with Crippen LogP contribution in [0.25, 0.3) is 28.7 Å². The van der Waals surface area contributed by atoms with Gasteiger partial charge >= 0.3 is 0 Å². The summed E-state index contributed by atoms with van der Waals surface area (Å²) in [5, 5.41) is 1.17. The first-order valence-electron chi connectivity index (χ1n) is 6.49. The van der Waals surface area contributed by atoms with Crippen molar-refractivity contribution in [1.82, 2.24) is 0 Å². The molecule has 0 fully saturated rings. The zero-order chi connectivity index (χ0) is 13.2. The molecule has 1 heterocycles. The number of benzene rings is 1. The first-order valence-corrected chi connectivity index (χ1v) is 6.49. The summed E-state index contributed by atoms with van der Waals surface area (Å²) < 4.78 is 5.89. The smallest absolute Gasteiger partial charge is 0.135 e. The molecule has 0 radical (unpaired) electrons. The zero-order valence-electron chi connectivity index (χ0n) is 11.0. The van der Waals surface area contributed by atoms with Crippen molar-refractivity contribution in [2.45, 2.75) is 13.3 Å². The van der Waals surface area contributed by atoms with Crippen LogP contribution in [0.15, 0.2) is 53.5 Å². The predicted molar refractivity (Wildman–Crippen MR) is 82.7 cm³/mol. The monoisotopic (exact) mass is 248 g/mol. The molecule has 0 aliphatic heterocycles. The highest BCUT2D eigenvalue weighted by atomic mass is 16.3. The molecular weight excluding hydrogens is 232 g/mol. The number of hydrogen-bond acceptors (Lipinski definition) is 1. The highest BCUT2D eigenvalue weighted by molar-refractivity contribution is 5.93. The van der Waals surface area contributed by atoms with Crippen LogP contribution in [0.4, 0.5) is 0 Å². The maximum atomic E-state index is 5.89. The van der Waals surface area contributed by atoms with E-state index in [1.807, 2.05) is 18.2 Å². The van der Waals surface area contributed by atoms with E-state index < -0.39 is 0 Å². The van der Waals surface area contributed by atoms with Crippen molar-refractivity contribution in [2.24, 2.45) is 0 Å². The van der Waals surface area contributed by atoms with Crippen LogP contribution in [-0.4, -0.2) is 0 Å². The molecule has 19 heavy (non-hydrogen) atoms. The average Bonchev–Trinajstić information content (AvgIpc) is 2.60. The van der Waals surface area contributed by atoms with Crippen molar-refractivity contribution in [2.75, 3.05) is 0 Å². The molecule has 2 aromatic rings. The normalized spacial score (nSPS) is 14.5. The lowest BCUT2D eigenvalue weighted by Crippen LogP contribution is -1.79. The maximum Gasteiger partial charge on any atom is 0.135 e. The van der Waals surface area contributed by atoms with Crippen molar-refractivity contribution in [3.63, 3.8) is 0 Å². The van der Waals surface area contributed by atoms with Gasteiger partial charge in [0.15, 0.2) is 0 Å². The van der Waals surface area contributed by atoms with Crippen LogP contribution in [0.3, 0.4) is 0 Å². The molecule has 0 saturated heterocycles. The Kier molecular flexibility index (Phi) is 2.96. The van der Waals surface area contributed by atoms with Crippen molar-refractivity contribution in [3.8, 4) is 0 Å². The van der Waals surface area contributed by atoms with Gasteiger partial charge in [-0.1, -0.05) is 43.0 Å². The fourth-order valence-corrected chi connectivity index (χ4v) is 2.39. The molecular formula is C18H16O. The SMILES string of the molecule is C=C/C=C(\C)c1ccc2oc3c(c2c1)C=CCC=C3. The zero-order valence-corrected chi connectivity index (χ0v) is 11.0. The van der Waals surface area contributed by atoms with E-state index >= 15 is 0 Å². The van der Waals surface area contributed by atoms with Crippen LogP contribution in [0.2, 0.25) is 0 Å². The summed E-state index contributed by atoms with van der Waals surface area (Å²) in [7, 11) is 0. The maximum absolute atomic E-state index is 5.89. The number of hydrogen-bond donors (Lipinski definition) is 0. The second-order valence-corrected chi connectivity index (χ2v) is 4.72. The van der Waals surface area contributed by atoms with Crippen molar-refractivity contribution < 1.29 is 4.42 Å². The van der Waals surface area contributed by atoms with Gasteiger partial charge in [-0.3, -0.25) is 0 Å². The minimum atomic E-state index is 0.941. The number of allylic oxidation sites excluding steroid dienone is 5. The minimum absolute atomic E-state index is 0.941. The summed E-state index contributed by atoms with van der Waals surface area (Å²) in [6.45, 7) is 5.84. The average molecular weight is 248 g/mol. The predicted octanol–water partition coefficient (Wildman–Crippen LogP) is 5.45. The van der Waals surface area contributed by atoms with E-state index in [-0.39, 0.29) is 0 Å². The van der Waals surface area contributed by atoms with Gasteiger partial charge in [-0.25, -0.2) is 0 Å². The van der Waals surface area contributed by atoms with E-state index in [1.165, 1.54) is 22.1 Å². The molecule has 1 heteroatoms. The molecule has 0 saturated carbocycles. The second kappa shape index (κ2) is 4.77. The Balaban J connectivity index is 2.22. The van der Waals surface area contributed by atoms with Gasteiger partial charge in [0.05, 0.1) is 0 Å². The molecule has 0 unspecified atom stereocenters. The summed E-state index contributed by atoms with van der Waals surface area (Å²) in [5.41, 5.74) is 4.53. The van der Waals surface area contributed by atoms with Gasteiger partial charge in [-0.15, -0.1) is 0 Å². The lowest BCUT2D eigenvalue weighted by atomic mass is 10.0. The quantitative estimate of drug-likeness (QED) is 0.644. The fourth-order valence-electron chi connectivity index (χ4n) is 2.39. The molecule has 0 N–H and O–H groups in total. The van der Waals surface area contributed by atoms with Crippen molar-refractivity contribution >= 4 is 28.7 Å². The molecule has 94 valence electrons. The van der Waals surface area contributed by atoms with Crippen LogP contribution in [-0.2, 0) is 0 Å². The molecule has 0 spiro atoms. The van der Waals surface area contributed by atoms with Crippen molar-refractivity contribution in [1.29, 1.82) is 0 Å². The topological polar surface area (TPSA) is 13.1 Å². The molecule has 1 aromatic heterocycles. The highest BCUT2D eigenvalue weighted by Gasteiger charge is 2.11. The molecule has 1 nitrogen and oxygen atoms in total. The number of rotatable bonds is 2. The third kappa shape index (κ3) is 2.08. The third-order valence-electron chi connectivity index (χ3n) is 3.40. The molecule has 0 atom stereocenters. The summed E-state index contributed by atoms with van der Waals surface area (Å²) in [6.07, 6.45) is 13.3. The molecule has 0 bridgehead atoms. The Bertz CT molecular complexity index is 723. The highest BCUT2D eigenvalue weighted by Crippen LogP contribution is 2.32. The van der Waals surface area contributed by atoms with Gasteiger partial charge in [0.2, 0.25) is 0 Å². The lowest BCUT2D eigenvalue weighted by Gasteiger charge is -2.00. The van der Waals surface area contributed by atoms with Gasteiger partial charge in [0.1, 0.15) is 11.3 Å². The Labute approximate surface area is 113 Å². The third-order valence-corrected chi connectivity index (χ3v) is 3.40. The summed E-state index contributed by atoms with van der Waals surface area (Å²) in [4.78, 5) is 0. The Morgan fingerprint density at radius 1 is 1.26 bits per heavy atom. The first-order chi connectivity index (χ1) is 9.29. The van der Waals surface area contributed by atoms with Gasteiger partial charge in [-0.2, -0.15) is 0 Å². The minimum Gasteiger partial charge on any atom is -0.456 e. The molecule has 1 aromatic carbocycles. The summed E-state index contributed by atoms with van der Waals surface area (Å²) in [6, 6.07) is 6.33. The van der Waals surface area contributed by atoms with E-state index in [9.17, 15) is 0 Å². The van der Waals surface area contributed by atoms with Gasteiger partial charge in [0.25, 0.3) is 0 Å². The Hall–Kier alpha value is -2.28. The molecule has 3 rings (SSSR count). The summed E-state index contributed by atoms with van der Waals surface area (Å²) >= 11 is 0. The van der Waals surface area contributed by atoms with Crippen LogP contribution in [0.5, 0.6) is 0 Å². The van der Waals surface area contributed by atoms with Gasteiger partial charge in [-0.05, 0) is 42.7 Å². The second-order valence-electron chi connectivity index (χ2n) is 4.72. The largest absolute Gasteiger partial charge is 0.456 e. The van der Waals surface area contributed by atoms with Crippen LogP contribution in [0.1, 0.15) is 30.2 Å². The van der Waals surface area contributed by atoms with Crippen LogP contribution < -0.4 is 0 Å². The van der Waals surface area contributed by atoms with Crippen molar-refractivity contribution in [3.05, 3.63) is 66.0 Å². The van der Waals surface area contributed by atoms with Crippen LogP contribution in [0, 0.1) is 0 Å². The Morgan fingerprint density at radius 3 is 2.95 bits per heavy atom. The van der Waals surface area contributed by atoms with E-state index in [0.29, 0.717) is 0 Å². The van der Waals surface area contributed by atoms with Gasteiger partial charge < -0.3 is 4.42 Å². The number of fused-ring (bicyclic) bond motifs is 3. The van der Waals surface area contributed by atoms with Crippen LogP contribution >= 0.6 is 0 Å². The standard InChI is InChI=1S/C18H16O/c1-3-7-13(2)14-10-11-18-16(12-14)15-8-5-4-6-9-17(15)19-18/h3,5-12H,1,4H2,2H3/b13-7+. The van der Waals surface area contributed by atoms with Gasteiger partial charge in [0, 0.05) is 10.9 Å². The summed E-state index contributed by atoms with van der Waals surface area (Å²) in [5.74, 6) is 0.950. The first kappa shape index (κ1) is 11.8. The van der Waals surface area contributed by atoms with E-state index in [1.54, 1.807) is 0 Å². The lowest BCUT2D eigenvalue weighted by molar-refractivity contribution is 0.603. The fraction of sp³-hybridized carbons (Fsp3) is 0.111. The molecule has 0 amide bonds. The number of furan rings is 1. The van der Waals surface area contributed by atoms with E-state index in [0.717, 1.165) is 17.8 Å². The Morgan fingerprint density at radius 2 is 2.11 bits per heavy atom. The molecule has 1 aliphatic rings. The van der Waals surface area contributed by atoms with E-state index in [4.69, 9.17) is 4.42 Å². The van der Waals surface area contributed by atoms with E-state index in [2.05, 4.69) is 49.9 Å². The molecule has 1 aliphatic carbocycles.